The maximum absolute atomic E-state index is 12.3. The standard InChI is InChI=1S/C14H21N3OS/c1-3-15-13-7-10(2)16-8-12(13)14(18)17-11-5-4-6-19-9-11/h7-8,11H,3-6,9H2,1-2H3,(H,15,16)(H,17,18). The van der Waals surface area contributed by atoms with E-state index in [1.807, 2.05) is 31.7 Å². The van der Waals surface area contributed by atoms with Gasteiger partial charge in [-0.1, -0.05) is 0 Å². The van der Waals surface area contributed by atoms with Crippen molar-refractivity contribution in [1.29, 1.82) is 0 Å². The van der Waals surface area contributed by atoms with Crippen LogP contribution in [-0.2, 0) is 0 Å². The summed E-state index contributed by atoms with van der Waals surface area (Å²) in [5.74, 6) is 2.21. The van der Waals surface area contributed by atoms with Crippen molar-refractivity contribution in [3.8, 4) is 0 Å². The van der Waals surface area contributed by atoms with Gasteiger partial charge < -0.3 is 10.6 Å². The van der Waals surface area contributed by atoms with E-state index in [0.717, 1.165) is 30.1 Å². The summed E-state index contributed by atoms with van der Waals surface area (Å²) in [7, 11) is 0. The third-order valence-electron chi connectivity index (χ3n) is 3.15. The van der Waals surface area contributed by atoms with Crippen LogP contribution in [0, 0.1) is 6.92 Å². The summed E-state index contributed by atoms with van der Waals surface area (Å²) in [6, 6.07) is 2.22. The average Bonchev–Trinajstić information content (AvgIpc) is 2.40. The fourth-order valence-corrected chi connectivity index (χ4v) is 3.27. The van der Waals surface area contributed by atoms with Gasteiger partial charge in [0.05, 0.1) is 11.3 Å². The summed E-state index contributed by atoms with van der Waals surface area (Å²) >= 11 is 1.91. The predicted molar refractivity (Wildman–Crippen MR) is 81.0 cm³/mol. The van der Waals surface area contributed by atoms with Crippen LogP contribution in [0.25, 0.3) is 0 Å². The van der Waals surface area contributed by atoms with Crippen molar-refractivity contribution in [3.63, 3.8) is 0 Å². The molecule has 5 heteroatoms. The molecular formula is C14H21N3OS. The lowest BCUT2D eigenvalue weighted by molar-refractivity contribution is 0.0939. The fourth-order valence-electron chi connectivity index (χ4n) is 2.20. The molecule has 1 atom stereocenters. The second-order valence-corrected chi connectivity index (χ2v) is 5.94. The van der Waals surface area contributed by atoms with Crippen molar-refractivity contribution in [2.75, 3.05) is 23.4 Å². The number of rotatable bonds is 4. The number of carbonyl (C=O) groups is 1. The molecule has 1 aliphatic heterocycles. The first-order chi connectivity index (χ1) is 9.20. The van der Waals surface area contributed by atoms with E-state index < -0.39 is 0 Å². The number of anilines is 1. The first-order valence-corrected chi connectivity index (χ1v) is 7.95. The number of amides is 1. The number of carbonyl (C=O) groups excluding carboxylic acids is 1. The summed E-state index contributed by atoms with van der Waals surface area (Å²) in [4.78, 5) is 16.5. The number of aryl methyl sites for hydroxylation is 1. The molecule has 2 heterocycles. The van der Waals surface area contributed by atoms with Crippen molar-refractivity contribution in [3.05, 3.63) is 23.5 Å². The molecule has 1 amide bonds. The van der Waals surface area contributed by atoms with Crippen LogP contribution in [0.2, 0.25) is 0 Å². The van der Waals surface area contributed by atoms with Gasteiger partial charge in [-0.2, -0.15) is 11.8 Å². The van der Waals surface area contributed by atoms with E-state index in [1.165, 1.54) is 12.2 Å². The third kappa shape index (κ3) is 3.86. The van der Waals surface area contributed by atoms with E-state index in [4.69, 9.17) is 0 Å². The van der Waals surface area contributed by atoms with Crippen LogP contribution in [0.15, 0.2) is 12.3 Å². The zero-order chi connectivity index (χ0) is 13.7. The molecule has 1 fully saturated rings. The Morgan fingerprint density at radius 2 is 2.42 bits per heavy atom. The smallest absolute Gasteiger partial charge is 0.255 e. The zero-order valence-electron chi connectivity index (χ0n) is 11.5. The maximum Gasteiger partial charge on any atom is 0.255 e. The minimum absolute atomic E-state index is 0.0176. The van der Waals surface area contributed by atoms with E-state index in [1.54, 1.807) is 6.20 Å². The highest BCUT2D eigenvalue weighted by molar-refractivity contribution is 7.99. The molecule has 1 saturated heterocycles. The topological polar surface area (TPSA) is 54.0 Å². The van der Waals surface area contributed by atoms with Gasteiger partial charge in [-0.3, -0.25) is 9.78 Å². The second kappa shape index (κ2) is 6.80. The second-order valence-electron chi connectivity index (χ2n) is 4.79. The van der Waals surface area contributed by atoms with Gasteiger partial charge in [-0.05, 0) is 38.5 Å². The Bertz CT molecular complexity index is 444. The molecule has 2 N–H and O–H groups in total. The summed E-state index contributed by atoms with van der Waals surface area (Å²) in [6.07, 6.45) is 3.93. The highest BCUT2D eigenvalue weighted by Gasteiger charge is 2.19. The number of nitrogens with one attached hydrogen (secondary N) is 2. The predicted octanol–water partition coefficient (Wildman–Crippen LogP) is 2.45. The van der Waals surface area contributed by atoms with Crippen LogP contribution < -0.4 is 10.6 Å². The first-order valence-electron chi connectivity index (χ1n) is 6.80. The number of hydrogen-bond donors (Lipinski definition) is 2. The minimum atomic E-state index is -0.0176. The Kier molecular flexibility index (Phi) is 5.07. The fraction of sp³-hybridized carbons (Fsp3) is 0.571. The largest absolute Gasteiger partial charge is 0.385 e. The van der Waals surface area contributed by atoms with Gasteiger partial charge in [0.2, 0.25) is 0 Å². The van der Waals surface area contributed by atoms with Crippen LogP contribution in [0.4, 0.5) is 5.69 Å². The molecule has 1 unspecified atom stereocenters. The lowest BCUT2D eigenvalue weighted by atomic mass is 10.1. The van der Waals surface area contributed by atoms with Crippen LogP contribution in [0.5, 0.6) is 0 Å². The molecule has 2 rings (SSSR count). The summed E-state index contributed by atoms with van der Waals surface area (Å²) in [5, 5.41) is 6.34. The van der Waals surface area contributed by atoms with Gasteiger partial charge in [0.1, 0.15) is 0 Å². The van der Waals surface area contributed by atoms with Crippen molar-refractivity contribution >= 4 is 23.4 Å². The molecule has 1 aromatic rings. The monoisotopic (exact) mass is 279 g/mol. The molecule has 0 aliphatic carbocycles. The summed E-state index contributed by atoms with van der Waals surface area (Å²) in [6.45, 7) is 4.75. The quantitative estimate of drug-likeness (QED) is 0.889. The van der Waals surface area contributed by atoms with Crippen LogP contribution in [0.3, 0.4) is 0 Å². The lowest BCUT2D eigenvalue weighted by Gasteiger charge is -2.23. The Balaban J connectivity index is 2.08. The highest BCUT2D eigenvalue weighted by atomic mass is 32.2. The number of thioether (sulfide) groups is 1. The Morgan fingerprint density at radius 1 is 1.58 bits per heavy atom. The number of aromatic nitrogens is 1. The van der Waals surface area contributed by atoms with Crippen LogP contribution >= 0.6 is 11.8 Å². The molecule has 1 aliphatic rings. The number of pyridine rings is 1. The van der Waals surface area contributed by atoms with Gasteiger partial charge in [0.25, 0.3) is 5.91 Å². The van der Waals surface area contributed by atoms with Gasteiger partial charge in [0, 0.05) is 30.2 Å². The average molecular weight is 279 g/mol. The molecule has 4 nitrogen and oxygen atoms in total. The van der Waals surface area contributed by atoms with Crippen molar-refractivity contribution < 1.29 is 4.79 Å². The van der Waals surface area contributed by atoms with Crippen molar-refractivity contribution in [2.45, 2.75) is 32.7 Å². The maximum atomic E-state index is 12.3. The normalized spacial score (nSPS) is 18.9. The zero-order valence-corrected chi connectivity index (χ0v) is 12.3. The highest BCUT2D eigenvalue weighted by Crippen LogP contribution is 2.19. The molecule has 0 bridgehead atoms. The Hall–Kier alpha value is -1.23. The lowest BCUT2D eigenvalue weighted by Crippen LogP contribution is -2.38. The molecule has 0 radical (unpaired) electrons. The molecule has 19 heavy (non-hydrogen) atoms. The van der Waals surface area contributed by atoms with Crippen LogP contribution in [0.1, 0.15) is 35.8 Å². The van der Waals surface area contributed by atoms with E-state index in [-0.39, 0.29) is 5.91 Å². The molecule has 0 spiro atoms. The number of hydrogen-bond acceptors (Lipinski definition) is 4. The van der Waals surface area contributed by atoms with E-state index >= 15 is 0 Å². The number of nitrogens with zero attached hydrogens (tertiary/aromatic N) is 1. The summed E-state index contributed by atoms with van der Waals surface area (Å²) < 4.78 is 0. The molecule has 0 aromatic carbocycles. The van der Waals surface area contributed by atoms with E-state index in [2.05, 4.69) is 15.6 Å². The molecular weight excluding hydrogens is 258 g/mol. The molecule has 104 valence electrons. The van der Waals surface area contributed by atoms with Crippen LogP contribution in [-0.4, -0.2) is 35.0 Å². The summed E-state index contributed by atoms with van der Waals surface area (Å²) in [5.41, 5.74) is 2.43. The van der Waals surface area contributed by atoms with Gasteiger partial charge in [-0.25, -0.2) is 0 Å². The SMILES string of the molecule is CCNc1cc(C)ncc1C(=O)NC1CCCSC1. The Labute approximate surface area is 118 Å². The minimum Gasteiger partial charge on any atom is -0.385 e. The van der Waals surface area contributed by atoms with Gasteiger partial charge in [0.15, 0.2) is 0 Å². The van der Waals surface area contributed by atoms with E-state index in [0.29, 0.717) is 11.6 Å². The third-order valence-corrected chi connectivity index (χ3v) is 4.36. The van der Waals surface area contributed by atoms with Gasteiger partial charge in [-0.15, -0.1) is 0 Å². The molecule has 1 aromatic heterocycles. The first kappa shape index (κ1) is 14.2. The van der Waals surface area contributed by atoms with Crippen molar-refractivity contribution in [1.82, 2.24) is 10.3 Å². The van der Waals surface area contributed by atoms with Gasteiger partial charge >= 0.3 is 0 Å². The Morgan fingerprint density at radius 3 is 3.11 bits per heavy atom. The molecule has 0 saturated carbocycles. The van der Waals surface area contributed by atoms with E-state index in [9.17, 15) is 4.79 Å². The van der Waals surface area contributed by atoms with Crippen molar-refractivity contribution in [2.24, 2.45) is 0 Å².